The van der Waals surface area contributed by atoms with Crippen molar-refractivity contribution in [3.8, 4) is 5.75 Å². The topological polar surface area (TPSA) is 105 Å². The molecule has 1 aliphatic heterocycles. The zero-order valence-electron chi connectivity index (χ0n) is 22.9. The number of halogens is 2. The molecule has 8 nitrogen and oxygen atoms in total. The summed E-state index contributed by atoms with van der Waals surface area (Å²) in [5.41, 5.74) is 2.76. The van der Waals surface area contributed by atoms with Gasteiger partial charge in [-0.25, -0.2) is 8.42 Å². The Labute approximate surface area is 238 Å². The van der Waals surface area contributed by atoms with E-state index in [0.717, 1.165) is 17.0 Å². The zero-order valence-corrected chi connectivity index (χ0v) is 23.7. The van der Waals surface area contributed by atoms with E-state index >= 15 is 0 Å². The summed E-state index contributed by atoms with van der Waals surface area (Å²) in [6.07, 6.45) is 0.623. The van der Waals surface area contributed by atoms with Gasteiger partial charge in [0.25, 0.3) is 5.91 Å². The summed E-state index contributed by atoms with van der Waals surface area (Å²) >= 11 is 0. The molecule has 1 aliphatic rings. The van der Waals surface area contributed by atoms with Crippen molar-refractivity contribution in [3.63, 3.8) is 0 Å². The number of aliphatic hydroxyl groups is 1. The van der Waals surface area contributed by atoms with Gasteiger partial charge in [-0.1, -0.05) is 31.2 Å². The van der Waals surface area contributed by atoms with Crippen LogP contribution in [0.4, 0.5) is 14.5 Å². The molecule has 3 aromatic carbocycles. The molecule has 1 amide bonds. The summed E-state index contributed by atoms with van der Waals surface area (Å²) in [5.74, 6) is 0.386. The van der Waals surface area contributed by atoms with E-state index in [-0.39, 0.29) is 35.8 Å². The monoisotopic (exact) mass is 588 g/mol. The van der Waals surface area contributed by atoms with Gasteiger partial charge in [-0.05, 0) is 66.1 Å². The maximum atomic E-state index is 13.0. The quantitative estimate of drug-likeness (QED) is 0.320. The molecule has 1 unspecified atom stereocenters. The van der Waals surface area contributed by atoms with Gasteiger partial charge in [-0.3, -0.25) is 4.79 Å². The van der Waals surface area contributed by atoms with E-state index in [1.54, 1.807) is 50.4 Å². The summed E-state index contributed by atoms with van der Waals surface area (Å²) in [4.78, 5) is 15.2. The van der Waals surface area contributed by atoms with E-state index in [4.69, 9.17) is 4.74 Å². The van der Waals surface area contributed by atoms with Crippen LogP contribution in [-0.2, 0) is 14.6 Å². The molecule has 41 heavy (non-hydrogen) atoms. The Morgan fingerprint density at radius 3 is 2.27 bits per heavy atom. The predicted molar refractivity (Wildman–Crippen MR) is 151 cm³/mol. The molecule has 220 valence electrons. The minimum absolute atomic E-state index is 0.0257. The molecule has 3 aromatic rings. The van der Waals surface area contributed by atoms with Gasteiger partial charge in [0.05, 0.1) is 43.1 Å². The van der Waals surface area contributed by atoms with Crippen molar-refractivity contribution in [2.75, 3.05) is 37.5 Å². The molecule has 0 saturated carbocycles. The maximum Gasteiger partial charge on any atom is 0.345 e. The Hall–Kier alpha value is -3.54. The Bertz CT molecular complexity index is 1400. The van der Waals surface area contributed by atoms with Crippen molar-refractivity contribution in [2.45, 2.75) is 42.9 Å². The van der Waals surface area contributed by atoms with Crippen LogP contribution in [0.5, 0.6) is 5.75 Å². The lowest BCUT2D eigenvalue weighted by Gasteiger charge is -2.27. The molecule has 2 N–H and O–H groups in total. The molecule has 0 radical (unpaired) electrons. The van der Waals surface area contributed by atoms with Gasteiger partial charge in [0.2, 0.25) is 0 Å². The van der Waals surface area contributed by atoms with Gasteiger partial charge in [-0.2, -0.15) is 8.78 Å². The SMILES string of the molecule is CCS(=O)(=O)c1ccc([C@H](CO)NC(=O)c2ccc(N3CC(c4ccc(OC)cc4)C[C@H]3COC(F)F)cc2)cc1. The molecule has 0 aromatic heterocycles. The molecule has 4 rings (SSSR count). The summed E-state index contributed by atoms with van der Waals surface area (Å²) in [6.45, 7) is -1.23. The van der Waals surface area contributed by atoms with Crippen molar-refractivity contribution in [1.82, 2.24) is 5.32 Å². The van der Waals surface area contributed by atoms with Crippen LogP contribution >= 0.6 is 0 Å². The molecule has 0 bridgehead atoms. The average Bonchev–Trinajstić information content (AvgIpc) is 3.43. The van der Waals surface area contributed by atoms with E-state index in [1.807, 2.05) is 29.2 Å². The zero-order chi connectivity index (χ0) is 29.6. The van der Waals surface area contributed by atoms with Crippen LogP contribution in [0.3, 0.4) is 0 Å². The third-order valence-electron chi connectivity index (χ3n) is 7.39. The number of benzene rings is 3. The van der Waals surface area contributed by atoms with Gasteiger partial charge in [-0.15, -0.1) is 0 Å². The van der Waals surface area contributed by atoms with E-state index in [0.29, 0.717) is 24.1 Å². The van der Waals surface area contributed by atoms with Gasteiger partial charge >= 0.3 is 6.61 Å². The van der Waals surface area contributed by atoms with Crippen molar-refractivity contribution < 1.29 is 36.6 Å². The molecule has 1 fully saturated rings. The van der Waals surface area contributed by atoms with Gasteiger partial charge < -0.3 is 24.8 Å². The van der Waals surface area contributed by atoms with Crippen LogP contribution in [-0.4, -0.2) is 64.7 Å². The molecule has 11 heteroatoms. The Morgan fingerprint density at radius 2 is 1.71 bits per heavy atom. The summed E-state index contributed by atoms with van der Waals surface area (Å²) in [7, 11) is -1.77. The number of alkyl halides is 2. The van der Waals surface area contributed by atoms with Crippen LogP contribution in [0.25, 0.3) is 0 Å². The molecular formula is C30H34F2N2O6S. The van der Waals surface area contributed by atoms with Crippen molar-refractivity contribution in [2.24, 2.45) is 0 Å². The molecular weight excluding hydrogens is 554 g/mol. The lowest BCUT2D eigenvalue weighted by atomic mass is 9.96. The number of nitrogens with zero attached hydrogens (tertiary/aromatic N) is 1. The van der Waals surface area contributed by atoms with E-state index in [9.17, 15) is 27.1 Å². The number of carbonyl (C=O) groups excluding carboxylic acids is 1. The van der Waals surface area contributed by atoms with E-state index in [2.05, 4.69) is 10.1 Å². The smallest absolute Gasteiger partial charge is 0.345 e. The second-order valence-electron chi connectivity index (χ2n) is 9.83. The first kappa shape index (κ1) is 30.4. The van der Waals surface area contributed by atoms with Gasteiger partial charge in [0.1, 0.15) is 5.75 Å². The minimum atomic E-state index is -3.36. The largest absolute Gasteiger partial charge is 0.497 e. The number of nitrogens with one attached hydrogen (secondary N) is 1. The molecule has 1 heterocycles. The fourth-order valence-corrected chi connectivity index (χ4v) is 5.93. The average molecular weight is 589 g/mol. The van der Waals surface area contributed by atoms with Crippen LogP contribution in [0.2, 0.25) is 0 Å². The number of rotatable bonds is 12. The second kappa shape index (κ2) is 13.4. The number of amides is 1. The number of aliphatic hydroxyl groups excluding tert-OH is 1. The molecule has 0 aliphatic carbocycles. The number of anilines is 1. The van der Waals surface area contributed by atoms with Crippen LogP contribution in [0.15, 0.2) is 77.7 Å². The Kier molecular flexibility index (Phi) is 9.95. The van der Waals surface area contributed by atoms with Crippen LogP contribution in [0.1, 0.15) is 46.8 Å². The van der Waals surface area contributed by atoms with Gasteiger partial charge in [0, 0.05) is 23.7 Å². The number of carbonyl (C=O) groups is 1. The second-order valence-corrected chi connectivity index (χ2v) is 12.1. The summed E-state index contributed by atoms with van der Waals surface area (Å²) in [5, 5.41) is 12.7. The fraction of sp³-hybridized carbons (Fsp3) is 0.367. The normalized spacial score (nSPS) is 18.0. The fourth-order valence-electron chi connectivity index (χ4n) is 5.05. The van der Waals surface area contributed by atoms with Crippen LogP contribution < -0.4 is 15.0 Å². The third-order valence-corrected chi connectivity index (χ3v) is 9.14. The standard InChI is InChI=1S/C30H34F2N2O6S/c1-3-41(37,38)27-14-8-21(9-15-27)28(18-35)33-29(36)22-4-10-24(11-5-22)34-17-23(16-25(34)19-40-30(31)32)20-6-12-26(39-2)13-7-20/h4-15,23,25,28,30,35H,3,16-19H2,1-2H3,(H,33,36)/t23?,25-,28-/m0/s1. The number of methoxy groups -OCH3 is 1. The lowest BCUT2D eigenvalue weighted by molar-refractivity contribution is -0.131. The Balaban J connectivity index is 1.46. The molecule has 1 saturated heterocycles. The first-order chi connectivity index (χ1) is 19.6. The predicted octanol–water partition coefficient (Wildman–Crippen LogP) is 4.55. The minimum Gasteiger partial charge on any atom is -0.497 e. The summed E-state index contributed by atoms with van der Waals surface area (Å²) < 4.78 is 59.8. The highest BCUT2D eigenvalue weighted by atomic mass is 32.2. The number of hydrogen-bond donors (Lipinski definition) is 2. The van der Waals surface area contributed by atoms with Crippen LogP contribution in [0, 0.1) is 0 Å². The van der Waals surface area contributed by atoms with Crippen molar-refractivity contribution in [1.29, 1.82) is 0 Å². The molecule has 0 spiro atoms. The summed E-state index contributed by atoms with van der Waals surface area (Å²) in [6, 6.07) is 19.5. The van der Waals surface area contributed by atoms with E-state index < -0.39 is 28.4 Å². The highest BCUT2D eigenvalue weighted by Crippen LogP contribution is 2.36. The highest BCUT2D eigenvalue weighted by Gasteiger charge is 2.34. The highest BCUT2D eigenvalue weighted by molar-refractivity contribution is 7.91. The van der Waals surface area contributed by atoms with Crippen molar-refractivity contribution in [3.05, 3.63) is 89.5 Å². The van der Waals surface area contributed by atoms with Crippen molar-refractivity contribution >= 4 is 21.4 Å². The number of sulfone groups is 1. The van der Waals surface area contributed by atoms with Gasteiger partial charge in [0.15, 0.2) is 9.84 Å². The van der Waals surface area contributed by atoms with E-state index in [1.165, 1.54) is 12.1 Å². The first-order valence-corrected chi connectivity index (χ1v) is 14.9. The number of hydrogen-bond acceptors (Lipinski definition) is 7. The Morgan fingerprint density at radius 1 is 1.05 bits per heavy atom. The number of ether oxygens (including phenoxy) is 2. The lowest BCUT2D eigenvalue weighted by Crippen LogP contribution is -2.34. The molecule has 3 atom stereocenters. The first-order valence-electron chi connectivity index (χ1n) is 13.3. The third kappa shape index (κ3) is 7.41. The maximum absolute atomic E-state index is 13.0.